The van der Waals surface area contributed by atoms with Gasteiger partial charge in [0, 0.05) is 0 Å². The van der Waals surface area contributed by atoms with Crippen LogP contribution in [0.25, 0.3) is 0 Å². The van der Waals surface area contributed by atoms with Gasteiger partial charge in [0.1, 0.15) is 0 Å². The van der Waals surface area contributed by atoms with E-state index in [1.807, 2.05) is 0 Å². The van der Waals surface area contributed by atoms with Gasteiger partial charge in [0.05, 0.1) is 0 Å². The molecule has 0 fully saturated rings. The first-order chi connectivity index (χ1) is 11.4. The molecule has 0 N–H and O–H groups in total. The molecule has 0 saturated carbocycles. The Morgan fingerprint density at radius 3 is 1.52 bits per heavy atom. The average molecular weight is 361 g/mol. The van der Waals surface area contributed by atoms with Crippen LogP contribution in [0, 0.1) is 0 Å². The van der Waals surface area contributed by atoms with Crippen molar-refractivity contribution in [2.75, 3.05) is 0 Å². The summed E-state index contributed by atoms with van der Waals surface area (Å²) >= 11 is 0.366. The molecule has 1 aliphatic rings. The maximum absolute atomic E-state index is 2.44. The fraction of sp³-hybridized carbons (Fsp3) is 0.0909. The molecule has 0 aliphatic heterocycles. The van der Waals surface area contributed by atoms with Crippen molar-refractivity contribution < 1.29 is 0 Å². The Balaban J connectivity index is 1.78. The summed E-state index contributed by atoms with van der Waals surface area (Å²) < 4.78 is 3.02. The van der Waals surface area contributed by atoms with Crippen molar-refractivity contribution in [1.29, 1.82) is 0 Å². The minimum atomic E-state index is 0.0678. The molecule has 0 amide bonds. The molecule has 0 bridgehead atoms. The number of benzene rings is 3. The van der Waals surface area contributed by atoms with Gasteiger partial charge in [-0.05, 0) is 0 Å². The SMILES string of the molecule is C1=C([Se]c2ccccc2)C(c2ccccc2)(c2ccccc2)C1. The third kappa shape index (κ3) is 2.57. The van der Waals surface area contributed by atoms with Gasteiger partial charge in [0.2, 0.25) is 0 Å². The number of rotatable bonds is 4. The fourth-order valence-electron chi connectivity index (χ4n) is 3.27. The minimum absolute atomic E-state index is 0.0678. The van der Waals surface area contributed by atoms with Gasteiger partial charge in [0.15, 0.2) is 0 Å². The van der Waals surface area contributed by atoms with Gasteiger partial charge in [-0.25, -0.2) is 0 Å². The van der Waals surface area contributed by atoms with Gasteiger partial charge >= 0.3 is 144 Å². The van der Waals surface area contributed by atoms with Gasteiger partial charge < -0.3 is 0 Å². The molecule has 0 spiro atoms. The van der Waals surface area contributed by atoms with Crippen molar-refractivity contribution in [1.82, 2.24) is 0 Å². The molecule has 112 valence electrons. The van der Waals surface area contributed by atoms with E-state index >= 15 is 0 Å². The van der Waals surface area contributed by atoms with E-state index in [1.54, 1.807) is 4.47 Å². The number of hydrogen-bond acceptors (Lipinski definition) is 0. The van der Waals surface area contributed by atoms with Crippen molar-refractivity contribution >= 4 is 19.4 Å². The van der Waals surface area contributed by atoms with Crippen LogP contribution in [0.1, 0.15) is 17.5 Å². The van der Waals surface area contributed by atoms with Gasteiger partial charge in [-0.3, -0.25) is 0 Å². The van der Waals surface area contributed by atoms with Crippen molar-refractivity contribution in [2.24, 2.45) is 0 Å². The summed E-state index contributed by atoms with van der Waals surface area (Å²) in [6.45, 7) is 0. The standard InChI is InChI=1S/C22H18Se/c1-4-10-18(11-5-1)22(19-12-6-2-7-13-19)17-16-21(22)23-20-14-8-3-9-15-20/h1-16H,17H2. The molecule has 3 aromatic carbocycles. The van der Waals surface area contributed by atoms with E-state index in [9.17, 15) is 0 Å². The van der Waals surface area contributed by atoms with Crippen molar-refractivity contribution in [3.8, 4) is 0 Å². The summed E-state index contributed by atoms with van der Waals surface area (Å²) in [4.78, 5) is 0. The maximum atomic E-state index is 2.44. The average Bonchev–Trinajstić information content (AvgIpc) is 2.62. The zero-order valence-corrected chi connectivity index (χ0v) is 14.6. The molecule has 1 heteroatoms. The van der Waals surface area contributed by atoms with Crippen LogP contribution in [0.2, 0.25) is 0 Å². The normalized spacial score (nSPS) is 15.6. The predicted octanol–water partition coefficient (Wildman–Crippen LogP) is 4.29. The fourth-order valence-corrected chi connectivity index (χ4v) is 5.80. The summed E-state index contributed by atoms with van der Waals surface area (Å²) in [6.07, 6.45) is 3.54. The summed E-state index contributed by atoms with van der Waals surface area (Å²) in [5.41, 5.74) is 2.90. The van der Waals surface area contributed by atoms with E-state index in [1.165, 1.54) is 15.6 Å². The molecule has 4 rings (SSSR count). The monoisotopic (exact) mass is 362 g/mol. The van der Waals surface area contributed by atoms with Gasteiger partial charge in [-0.15, -0.1) is 0 Å². The van der Waals surface area contributed by atoms with E-state index in [-0.39, 0.29) is 5.41 Å². The molecule has 0 radical (unpaired) electrons. The molecule has 0 aromatic heterocycles. The Kier molecular flexibility index (Phi) is 3.91. The van der Waals surface area contributed by atoms with Gasteiger partial charge in [-0.1, -0.05) is 0 Å². The second-order valence-corrected chi connectivity index (χ2v) is 8.17. The van der Waals surface area contributed by atoms with Crippen molar-refractivity contribution in [3.63, 3.8) is 0 Å². The molecular formula is C22H18Se. The Morgan fingerprint density at radius 2 is 1.09 bits per heavy atom. The second-order valence-electron chi connectivity index (χ2n) is 5.82. The predicted molar refractivity (Wildman–Crippen MR) is 98.2 cm³/mol. The van der Waals surface area contributed by atoms with Crippen molar-refractivity contribution in [2.45, 2.75) is 11.8 Å². The van der Waals surface area contributed by atoms with Crippen LogP contribution in [0.5, 0.6) is 0 Å². The Bertz CT molecular complexity index is 765. The van der Waals surface area contributed by atoms with E-state index in [0.717, 1.165) is 6.42 Å². The molecule has 0 heterocycles. The number of hydrogen-bond donors (Lipinski definition) is 0. The quantitative estimate of drug-likeness (QED) is 0.608. The van der Waals surface area contributed by atoms with Crippen LogP contribution in [0.3, 0.4) is 0 Å². The topological polar surface area (TPSA) is 0 Å². The van der Waals surface area contributed by atoms with Crippen LogP contribution in [-0.2, 0) is 5.41 Å². The summed E-state index contributed by atoms with van der Waals surface area (Å²) in [7, 11) is 0. The van der Waals surface area contributed by atoms with Crippen LogP contribution in [0.4, 0.5) is 0 Å². The summed E-state index contributed by atoms with van der Waals surface area (Å²) in [6, 6.07) is 32.8. The van der Waals surface area contributed by atoms with E-state index in [2.05, 4.69) is 97.1 Å². The molecule has 0 atom stereocenters. The van der Waals surface area contributed by atoms with E-state index in [4.69, 9.17) is 0 Å². The third-order valence-electron chi connectivity index (χ3n) is 4.52. The zero-order valence-electron chi connectivity index (χ0n) is 12.9. The molecule has 1 aliphatic carbocycles. The van der Waals surface area contributed by atoms with Gasteiger partial charge in [0.25, 0.3) is 0 Å². The van der Waals surface area contributed by atoms with Crippen LogP contribution in [-0.4, -0.2) is 15.0 Å². The first kappa shape index (κ1) is 14.5. The zero-order chi connectivity index (χ0) is 15.5. The molecule has 23 heavy (non-hydrogen) atoms. The number of allylic oxidation sites excluding steroid dienone is 2. The van der Waals surface area contributed by atoms with E-state index in [0.29, 0.717) is 15.0 Å². The molecule has 3 aromatic rings. The van der Waals surface area contributed by atoms with Gasteiger partial charge in [-0.2, -0.15) is 0 Å². The van der Waals surface area contributed by atoms with E-state index < -0.39 is 0 Å². The first-order valence-electron chi connectivity index (χ1n) is 7.94. The molecular weight excluding hydrogens is 343 g/mol. The van der Waals surface area contributed by atoms with Crippen LogP contribution >= 0.6 is 0 Å². The summed E-state index contributed by atoms with van der Waals surface area (Å²) in [5, 5.41) is 0. The molecule has 0 unspecified atom stereocenters. The first-order valence-corrected chi connectivity index (χ1v) is 9.65. The Morgan fingerprint density at radius 1 is 0.609 bits per heavy atom. The van der Waals surface area contributed by atoms with Crippen LogP contribution < -0.4 is 4.46 Å². The second kappa shape index (κ2) is 6.20. The van der Waals surface area contributed by atoms with Crippen LogP contribution in [0.15, 0.2) is 102 Å². The van der Waals surface area contributed by atoms with Crippen molar-refractivity contribution in [3.05, 3.63) is 113 Å². The Hall–Kier alpha value is -2.08. The third-order valence-corrected chi connectivity index (χ3v) is 7.13. The Labute approximate surface area is 144 Å². The molecule has 0 nitrogen and oxygen atoms in total. The summed E-state index contributed by atoms with van der Waals surface area (Å²) in [5.74, 6) is 0. The molecule has 0 saturated heterocycles.